The van der Waals surface area contributed by atoms with Crippen LogP contribution in [0.3, 0.4) is 0 Å². The van der Waals surface area contributed by atoms with Gasteiger partial charge in [-0.1, -0.05) is 125 Å². The Morgan fingerprint density at radius 2 is 0.600 bits per heavy atom. The van der Waals surface area contributed by atoms with Gasteiger partial charge in [-0.3, -0.25) is 0 Å². The van der Waals surface area contributed by atoms with Gasteiger partial charge in [0.05, 0.1) is 0 Å². The lowest BCUT2D eigenvalue weighted by molar-refractivity contribution is 0.222. The first-order chi connectivity index (χ1) is 21.3. The maximum atomic E-state index is 2.62. The highest BCUT2D eigenvalue weighted by atomic mass is 31.1. The Morgan fingerprint density at radius 3 is 0.800 bits per heavy atom. The molecule has 12 atom stereocenters. The van der Waals surface area contributed by atoms with Gasteiger partial charge < -0.3 is 0 Å². The number of rotatable bonds is 12. The molecule has 4 fully saturated rings. The van der Waals surface area contributed by atoms with E-state index in [1.165, 1.54) is 51.4 Å². The summed E-state index contributed by atoms with van der Waals surface area (Å²) in [5, 5.41) is 0. The van der Waals surface area contributed by atoms with E-state index in [-0.39, 0.29) is 15.8 Å². The summed E-state index contributed by atoms with van der Waals surface area (Å²) < 4.78 is 0. The molecule has 0 spiro atoms. The van der Waals surface area contributed by atoms with E-state index in [1.54, 1.807) is 44.4 Å². The minimum Gasteiger partial charge on any atom is -0.0997 e. The van der Waals surface area contributed by atoms with Crippen LogP contribution < -0.4 is 0 Å². The van der Waals surface area contributed by atoms with E-state index < -0.39 is 0 Å². The maximum absolute atomic E-state index is 2.62. The van der Waals surface area contributed by atoms with Crippen LogP contribution in [0.2, 0.25) is 0 Å². The van der Waals surface area contributed by atoms with Gasteiger partial charge in [0.25, 0.3) is 0 Å². The lowest BCUT2D eigenvalue weighted by atomic mass is 9.76. The molecule has 0 radical (unpaired) electrons. The summed E-state index contributed by atoms with van der Waals surface area (Å²) in [6.07, 6.45) is 23.1. The van der Waals surface area contributed by atoms with E-state index in [0.717, 1.165) is 93.7 Å². The minimum atomic E-state index is 0.0864. The second-order valence-corrected chi connectivity index (χ2v) is 25.0. The van der Waals surface area contributed by atoms with Crippen molar-refractivity contribution in [2.24, 2.45) is 71.0 Å². The lowest BCUT2D eigenvalue weighted by Crippen LogP contribution is -2.40. The SMILES string of the molecule is CC1CCC(C(C)C)C(P(CCCP(C2CC(C)CCC2C(C)C)C2CC(C)CCC2C(C)C)C2CC(C)CCC2C(C)C)C1. The van der Waals surface area contributed by atoms with Crippen LogP contribution in [0.5, 0.6) is 0 Å². The molecule has 0 N–H and O–H groups in total. The summed E-state index contributed by atoms with van der Waals surface area (Å²) in [5.41, 5.74) is 4.18. The van der Waals surface area contributed by atoms with Crippen molar-refractivity contribution in [2.75, 3.05) is 12.3 Å². The van der Waals surface area contributed by atoms with Crippen molar-refractivity contribution < 1.29 is 0 Å². The number of hydrogen-bond acceptors (Lipinski definition) is 0. The van der Waals surface area contributed by atoms with Crippen LogP contribution >= 0.6 is 15.8 Å². The average Bonchev–Trinajstić information content (AvgIpc) is 2.96. The van der Waals surface area contributed by atoms with Gasteiger partial charge >= 0.3 is 0 Å². The van der Waals surface area contributed by atoms with Gasteiger partial charge in [0.15, 0.2) is 0 Å². The smallest absolute Gasteiger partial charge is 0.0173 e. The monoisotopic (exact) mass is 661 g/mol. The predicted octanol–water partition coefficient (Wildman–Crippen LogP) is 14.2. The van der Waals surface area contributed by atoms with Crippen LogP contribution in [0, 0.1) is 71.0 Å². The van der Waals surface area contributed by atoms with Crippen molar-refractivity contribution >= 4 is 15.8 Å². The molecule has 0 heterocycles. The summed E-state index contributed by atoms with van der Waals surface area (Å²) in [4.78, 5) is 0. The third-order valence-corrected chi connectivity index (χ3v) is 21.9. The van der Waals surface area contributed by atoms with Crippen LogP contribution in [0.25, 0.3) is 0 Å². The minimum absolute atomic E-state index is 0.0864. The van der Waals surface area contributed by atoms with E-state index >= 15 is 0 Å². The van der Waals surface area contributed by atoms with Gasteiger partial charge in [0.1, 0.15) is 0 Å². The zero-order chi connectivity index (χ0) is 33.0. The molecule has 0 saturated heterocycles. The second kappa shape index (κ2) is 17.7. The topological polar surface area (TPSA) is 0 Å². The fourth-order valence-electron chi connectivity index (χ4n) is 11.7. The van der Waals surface area contributed by atoms with Gasteiger partial charge in [0, 0.05) is 0 Å². The van der Waals surface area contributed by atoms with Gasteiger partial charge in [-0.15, -0.1) is 0 Å². The van der Waals surface area contributed by atoms with E-state index in [2.05, 4.69) is 83.1 Å². The molecule has 12 unspecified atom stereocenters. The Bertz CT molecular complexity index is 715. The van der Waals surface area contributed by atoms with Gasteiger partial charge in [-0.25, -0.2) is 0 Å². The lowest BCUT2D eigenvalue weighted by Gasteiger charge is -2.51. The summed E-state index contributed by atoms with van der Waals surface area (Å²) in [6.45, 7) is 31.2. The molecule has 0 aromatic carbocycles. The summed E-state index contributed by atoms with van der Waals surface area (Å²) in [6, 6.07) is 0. The first kappa shape index (κ1) is 38.7. The first-order valence-corrected chi connectivity index (χ1v) is 24.1. The second-order valence-electron chi connectivity index (χ2n) is 19.4. The molecule has 4 aliphatic rings. The van der Waals surface area contributed by atoms with Crippen LogP contribution in [-0.2, 0) is 0 Å². The van der Waals surface area contributed by atoms with Crippen molar-refractivity contribution in [3.05, 3.63) is 0 Å². The number of hydrogen-bond donors (Lipinski definition) is 0. The van der Waals surface area contributed by atoms with Crippen LogP contribution in [0.1, 0.15) is 167 Å². The van der Waals surface area contributed by atoms with Gasteiger partial charge in [-0.05, 0) is 164 Å². The standard InChI is InChI=1S/C43H82P2/c1-28(2)36-18-14-32(9)24-40(36)44(41-25-33(10)15-19-37(41)29(3)4)22-13-23-45(42-26-34(11)16-20-38(42)30(5)6)43-27-35(12)17-21-39(43)31(7)8/h28-43H,13-27H2,1-12H3. The molecule has 0 nitrogen and oxygen atoms in total. The largest absolute Gasteiger partial charge is 0.0997 e. The molecule has 0 amide bonds. The van der Waals surface area contributed by atoms with Crippen molar-refractivity contribution in [1.29, 1.82) is 0 Å². The van der Waals surface area contributed by atoms with E-state index in [4.69, 9.17) is 0 Å². The highest BCUT2D eigenvalue weighted by Gasteiger charge is 2.46. The third kappa shape index (κ3) is 9.98. The quantitative estimate of drug-likeness (QED) is 0.183. The fourth-order valence-corrected chi connectivity index (χ4v) is 21.8. The molecule has 264 valence electrons. The highest BCUT2D eigenvalue weighted by molar-refractivity contribution is 7.60. The molecular weight excluding hydrogens is 578 g/mol. The Morgan fingerprint density at radius 1 is 0.378 bits per heavy atom. The summed E-state index contributed by atoms with van der Waals surface area (Å²) >= 11 is 0. The zero-order valence-electron chi connectivity index (χ0n) is 32.7. The predicted molar refractivity (Wildman–Crippen MR) is 209 cm³/mol. The first-order valence-electron chi connectivity index (χ1n) is 20.8. The molecule has 0 aromatic rings. The van der Waals surface area contributed by atoms with E-state index in [0.29, 0.717) is 0 Å². The summed E-state index contributed by atoms with van der Waals surface area (Å²) in [5.74, 6) is 11.3. The molecular formula is C43H82P2. The van der Waals surface area contributed by atoms with Crippen molar-refractivity contribution in [3.63, 3.8) is 0 Å². The Balaban J connectivity index is 1.65. The van der Waals surface area contributed by atoms with Crippen molar-refractivity contribution in [2.45, 2.75) is 189 Å². The van der Waals surface area contributed by atoms with E-state index in [9.17, 15) is 0 Å². The molecule has 0 aromatic heterocycles. The molecule has 4 rings (SSSR count). The van der Waals surface area contributed by atoms with Crippen LogP contribution in [-0.4, -0.2) is 35.0 Å². The molecule has 0 aliphatic heterocycles. The highest BCUT2D eigenvalue weighted by Crippen LogP contribution is 2.65. The van der Waals surface area contributed by atoms with Crippen molar-refractivity contribution in [1.82, 2.24) is 0 Å². The normalized spacial score (nSPS) is 41.6. The molecule has 4 saturated carbocycles. The van der Waals surface area contributed by atoms with Gasteiger partial charge in [-0.2, -0.15) is 0 Å². The average molecular weight is 661 g/mol. The van der Waals surface area contributed by atoms with Crippen LogP contribution in [0.15, 0.2) is 0 Å². The molecule has 2 heteroatoms. The Hall–Kier alpha value is 0.860. The Labute approximate surface area is 287 Å². The third-order valence-electron chi connectivity index (χ3n) is 14.5. The fraction of sp³-hybridized carbons (Fsp3) is 1.00. The van der Waals surface area contributed by atoms with E-state index in [1.807, 2.05) is 0 Å². The molecule has 0 bridgehead atoms. The maximum Gasteiger partial charge on any atom is -0.0173 e. The summed E-state index contributed by atoms with van der Waals surface area (Å²) in [7, 11) is 0.173. The Kier molecular flexibility index (Phi) is 15.2. The van der Waals surface area contributed by atoms with Gasteiger partial charge in [0.2, 0.25) is 0 Å². The molecule has 4 aliphatic carbocycles. The zero-order valence-corrected chi connectivity index (χ0v) is 34.5. The van der Waals surface area contributed by atoms with Crippen LogP contribution in [0.4, 0.5) is 0 Å². The molecule has 45 heavy (non-hydrogen) atoms. The van der Waals surface area contributed by atoms with Crippen molar-refractivity contribution in [3.8, 4) is 0 Å².